The summed E-state index contributed by atoms with van der Waals surface area (Å²) in [6.07, 6.45) is 6.85. The van der Waals surface area contributed by atoms with Gasteiger partial charge in [0.2, 0.25) is 10.0 Å². The Bertz CT molecular complexity index is 1290. The number of rotatable bonds is 8. The number of hydrogen-bond donors (Lipinski definition) is 0. The van der Waals surface area contributed by atoms with E-state index in [2.05, 4.69) is 9.97 Å². The number of imidazole rings is 1. The molecule has 4 rings (SSSR count). The summed E-state index contributed by atoms with van der Waals surface area (Å²) in [5.41, 5.74) is 2.74. The number of nitrogens with zero attached hydrogens (tertiary/aromatic N) is 4. The Morgan fingerprint density at radius 1 is 0.969 bits per heavy atom. The first-order valence-electron chi connectivity index (χ1n) is 10.1. The second kappa shape index (κ2) is 9.65. The molecule has 0 bridgehead atoms. The highest BCUT2D eigenvalue weighted by molar-refractivity contribution is 7.89. The molecule has 0 fully saturated rings. The van der Waals surface area contributed by atoms with Gasteiger partial charge >= 0.3 is 0 Å². The van der Waals surface area contributed by atoms with Crippen molar-refractivity contribution in [2.75, 3.05) is 0 Å². The summed E-state index contributed by atoms with van der Waals surface area (Å²) < 4.78 is 30.4. The van der Waals surface area contributed by atoms with Gasteiger partial charge in [0.05, 0.1) is 18.0 Å². The Morgan fingerprint density at radius 3 is 2.47 bits per heavy atom. The Morgan fingerprint density at radius 2 is 1.75 bits per heavy atom. The van der Waals surface area contributed by atoms with Gasteiger partial charge in [0.15, 0.2) is 0 Å². The van der Waals surface area contributed by atoms with Crippen molar-refractivity contribution in [2.24, 2.45) is 0 Å². The lowest BCUT2D eigenvalue weighted by Crippen LogP contribution is -2.31. The average Bonchev–Trinajstić information content (AvgIpc) is 3.22. The minimum atomic E-state index is -3.76. The van der Waals surface area contributed by atoms with Crippen molar-refractivity contribution >= 4 is 21.6 Å². The van der Waals surface area contributed by atoms with Gasteiger partial charge in [-0.2, -0.15) is 4.31 Å². The van der Waals surface area contributed by atoms with Gasteiger partial charge in [-0.3, -0.25) is 4.98 Å². The lowest BCUT2D eigenvalue weighted by Gasteiger charge is -2.23. The fourth-order valence-electron chi connectivity index (χ4n) is 3.38. The maximum absolute atomic E-state index is 13.5. The zero-order chi connectivity index (χ0) is 22.6. The summed E-state index contributed by atoms with van der Waals surface area (Å²) in [5, 5.41) is 0.659. The number of halogens is 1. The van der Waals surface area contributed by atoms with Crippen molar-refractivity contribution in [2.45, 2.75) is 31.5 Å². The van der Waals surface area contributed by atoms with E-state index in [1.807, 2.05) is 48.0 Å². The summed E-state index contributed by atoms with van der Waals surface area (Å²) >= 11 is 6.32. The van der Waals surface area contributed by atoms with Crippen molar-refractivity contribution in [3.63, 3.8) is 0 Å². The normalized spacial score (nSPS) is 11.7. The molecule has 0 aliphatic rings. The number of aryl methyl sites for hydroxylation is 1. The highest BCUT2D eigenvalue weighted by Gasteiger charge is 2.26. The Balaban J connectivity index is 1.67. The van der Waals surface area contributed by atoms with Crippen LogP contribution < -0.4 is 0 Å². The summed E-state index contributed by atoms with van der Waals surface area (Å²) in [7, 11) is -3.76. The smallest absolute Gasteiger partial charge is 0.243 e. The highest BCUT2D eigenvalue weighted by atomic mass is 35.5. The third-order valence-electron chi connectivity index (χ3n) is 5.16. The molecule has 0 radical (unpaired) electrons. The average molecular weight is 467 g/mol. The van der Waals surface area contributed by atoms with Crippen molar-refractivity contribution in [1.82, 2.24) is 18.8 Å². The van der Waals surface area contributed by atoms with Gasteiger partial charge in [-0.15, -0.1) is 0 Å². The summed E-state index contributed by atoms with van der Waals surface area (Å²) in [5.74, 6) is 0.629. The fraction of sp³-hybridized carbons (Fsp3) is 0.167. The molecule has 2 aromatic heterocycles. The van der Waals surface area contributed by atoms with E-state index in [1.54, 1.807) is 48.9 Å². The molecular formula is C24H23ClN4O2S. The Labute approximate surface area is 193 Å². The van der Waals surface area contributed by atoms with Crippen molar-refractivity contribution in [3.05, 3.63) is 113 Å². The molecule has 0 atom stereocenters. The lowest BCUT2D eigenvalue weighted by atomic mass is 10.2. The third-order valence-corrected chi connectivity index (χ3v) is 7.33. The van der Waals surface area contributed by atoms with Gasteiger partial charge in [0, 0.05) is 36.4 Å². The van der Waals surface area contributed by atoms with Crippen LogP contribution in [0.15, 0.2) is 90.3 Å². The van der Waals surface area contributed by atoms with E-state index in [1.165, 1.54) is 4.31 Å². The third kappa shape index (κ3) is 5.07. The Hall–Kier alpha value is -3.00. The zero-order valence-electron chi connectivity index (χ0n) is 17.6. The molecule has 0 saturated heterocycles. The highest BCUT2D eigenvalue weighted by Crippen LogP contribution is 2.22. The molecule has 0 spiro atoms. The zero-order valence-corrected chi connectivity index (χ0v) is 19.2. The van der Waals surface area contributed by atoms with Gasteiger partial charge in [-0.1, -0.05) is 53.6 Å². The standard InChI is InChI=1S/C24H23ClN4O2S/c1-19-8-10-22(11-9-19)32(30,31)29(16-20-5-4-12-26-15-20)18-24-27-13-14-28(24)17-21-6-2-3-7-23(21)25/h2-15H,16-18H2,1H3. The predicted octanol–water partition coefficient (Wildman–Crippen LogP) is 4.68. The van der Waals surface area contributed by atoms with E-state index >= 15 is 0 Å². The molecule has 2 aromatic carbocycles. The lowest BCUT2D eigenvalue weighted by molar-refractivity contribution is 0.385. The van der Waals surface area contributed by atoms with E-state index in [0.29, 0.717) is 17.4 Å². The molecule has 0 unspecified atom stereocenters. The molecule has 164 valence electrons. The molecule has 32 heavy (non-hydrogen) atoms. The first-order valence-corrected chi connectivity index (χ1v) is 11.9. The second-order valence-corrected chi connectivity index (χ2v) is 9.86. The van der Waals surface area contributed by atoms with Crippen LogP contribution in [0.25, 0.3) is 0 Å². The number of hydrogen-bond acceptors (Lipinski definition) is 4. The van der Waals surface area contributed by atoms with Crippen LogP contribution in [0, 0.1) is 6.92 Å². The van der Waals surface area contributed by atoms with Crippen LogP contribution in [-0.2, 0) is 29.7 Å². The monoisotopic (exact) mass is 466 g/mol. The minimum absolute atomic E-state index is 0.114. The van der Waals surface area contributed by atoms with E-state index < -0.39 is 10.0 Å². The molecule has 6 nitrogen and oxygen atoms in total. The van der Waals surface area contributed by atoms with Gasteiger partial charge < -0.3 is 4.57 Å². The van der Waals surface area contributed by atoms with Crippen LogP contribution >= 0.6 is 11.6 Å². The summed E-state index contributed by atoms with van der Waals surface area (Å²) in [4.78, 5) is 8.82. The van der Waals surface area contributed by atoms with Gasteiger partial charge in [0.1, 0.15) is 5.82 Å². The number of sulfonamides is 1. The van der Waals surface area contributed by atoms with E-state index in [0.717, 1.165) is 16.7 Å². The predicted molar refractivity (Wildman–Crippen MR) is 125 cm³/mol. The molecular weight excluding hydrogens is 444 g/mol. The molecule has 0 N–H and O–H groups in total. The van der Waals surface area contributed by atoms with Crippen LogP contribution in [0.5, 0.6) is 0 Å². The summed E-state index contributed by atoms with van der Waals surface area (Å²) in [6.45, 7) is 2.72. The topological polar surface area (TPSA) is 68.1 Å². The molecule has 0 saturated carbocycles. The van der Waals surface area contributed by atoms with Crippen LogP contribution in [0.4, 0.5) is 0 Å². The van der Waals surface area contributed by atoms with Gasteiger partial charge in [-0.05, 0) is 42.3 Å². The van der Waals surface area contributed by atoms with Crippen LogP contribution in [0.2, 0.25) is 5.02 Å². The molecule has 0 amide bonds. The minimum Gasteiger partial charge on any atom is -0.329 e. The fourth-order valence-corrected chi connectivity index (χ4v) is 4.96. The number of benzene rings is 2. The van der Waals surface area contributed by atoms with E-state index in [4.69, 9.17) is 11.6 Å². The maximum Gasteiger partial charge on any atom is 0.243 e. The number of aromatic nitrogens is 3. The first kappa shape index (κ1) is 22.2. The van der Waals surface area contributed by atoms with E-state index in [-0.39, 0.29) is 18.0 Å². The van der Waals surface area contributed by atoms with E-state index in [9.17, 15) is 8.42 Å². The van der Waals surface area contributed by atoms with Crippen molar-refractivity contribution < 1.29 is 8.42 Å². The molecule has 2 heterocycles. The quantitative estimate of drug-likeness (QED) is 0.378. The van der Waals surface area contributed by atoms with Gasteiger partial charge in [0.25, 0.3) is 0 Å². The van der Waals surface area contributed by atoms with Crippen LogP contribution in [-0.4, -0.2) is 27.3 Å². The first-order chi connectivity index (χ1) is 15.4. The number of pyridine rings is 1. The molecule has 4 aromatic rings. The molecule has 8 heteroatoms. The largest absolute Gasteiger partial charge is 0.329 e. The van der Waals surface area contributed by atoms with Gasteiger partial charge in [-0.25, -0.2) is 13.4 Å². The summed E-state index contributed by atoms with van der Waals surface area (Å²) in [6, 6.07) is 18.1. The Kier molecular flexibility index (Phi) is 6.69. The SMILES string of the molecule is Cc1ccc(S(=O)(=O)N(Cc2cccnc2)Cc2nccn2Cc2ccccc2Cl)cc1. The van der Waals surface area contributed by atoms with Crippen LogP contribution in [0.3, 0.4) is 0 Å². The molecule has 0 aliphatic heterocycles. The second-order valence-electron chi connectivity index (χ2n) is 7.51. The molecule has 0 aliphatic carbocycles. The van der Waals surface area contributed by atoms with Crippen molar-refractivity contribution in [3.8, 4) is 0 Å². The van der Waals surface area contributed by atoms with Crippen molar-refractivity contribution in [1.29, 1.82) is 0 Å². The maximum atomic E-state index is 13.5. The van der Waals surface area contributed by atoms with Crippen LogP contribution in [0.1, 0.15) is 22.5 Å².